The molecule has 2 aromatic rings. The van der Waals surface area contributed by atoms with Crippen LogP contribution in [0, 0.1) is 0 Å². The average Bonchev–Trinajstić information content (AvgIpc) is 3.26. The SMILES string of the molecule is Nc1ccc2c(c1)CCCOc1c(cccc1C1=NOC(CC(=O)O)(C(=O)O)C1)OC2=O.O=C(O)C(F)(F)F. The molecule has 2 aliphatic rings. The second-order valence-electron chi connectivity index (χ2n) is 8.37. The van der Waals surface area contributed by atoms with Gasteiger partial charge in [-0.3, -0.25) is 4.79 Å². The smallest absolute Gasteiger partial charge is 0.489 e. The highest BCUT2D eigenvalue weighted by Gasteiger charge is 2.49. The lowest BCUT2D eigenvalue weighted by Crippen LogP contribution is -2.41. The maximum Gasteiger partial charge on any atom is 0.490 e. The largest absolute Gasteiger partial charge is 0.490 e. The number of nitrogens with zero attached hydrogens (tertiary/aromatic N) is 1. The number of esters is 1. The van der Waals surface area contributed by atoms with E-state index in [0.717, 1.165) is 5.56 Å². The zero-order valence-electron chi connectivity index (χ0n) is 19.9. The Morgan fingerprint density at radius 3 is 2.38 bits per heavy atom. The molecule has 12 nitrogen and oxygen atoms in total. The zero-order valence-corrected chi connectivity index (χ0v) is 19.9. The summed E-state index contributed by atoms with van der Waals surface area (Å²) in [5.41, 5.74) is 6.06. The normalized spacial score (nSPS) is 18.4. The van der Waals surface area contributed by atoms with Crippen molar-refractivity contribution in [1.29, 1.82) is 0 Å². The van der Waals surface area contributed by atoms with Gasteiger partial charge in [-0.2, -0.15) is 13.2 Å². The molecule has 4 rings (SSSR count). The van der Waals surface area contributed by atoms with Crippen LogP contribution in [0.1, 0.15) is 40.7 Å². The van der Waals surface area contributed by atoms with Crippen molar-refractivity contribution in [2.75, 3.05) is 12.3 Å². The highest BCUT2D eigenvalue weighted by Crippen LogP contribution is 2.38. The molecule has 0 bridgehead atoms. The molecule has 2 aromatic carbocycles. The van der Waals surface area contributed by atoms with Gasteiger partial charge in [-0.15, -0.1) is 0 Å². The maximum atomic E-state index is 12.8. The number of anilines is 1. The van der Waals surface area contributed by atoms with Crippen LogP contribution in [0.4, 0.5) is 18.9 Å². The molecule has 208 valence electrons. The second kappa shape index (κ2) is 11.3. The van der Waals surface area contributed by atoms with Gasteiger partial charge in [-0.05, 0) is 48.7 Å². The molecule has 0 amide bonds. The molecule has 1 atom stereocenters. The van der Waals surface area contributed by atoms with Gasteiger partial charge in [0.25, 0.3) is 0 Å². The molecule has 39 heavy (non-hydrogen) atoms. The molecule has 2 aliphatic heterocycles. The fraction of sp³-hybridized carbons (Fsp3) is 0.292. The Morgan fingerprint density at radius 2 is 1.77 bits per heavy atom. The number of para-hydroxylation sites is 1. The maximum absolute atomic E-state index is 12.8. The first-order valence-corrected chi connectivity index (χ1v) is 11.1. The third-order valence-electron chi connectivity index (χ3n) is 5.53. The Morgan fingerprint density at radius 1 is 1.08 bits per heavy atom. The summed E-state index contributed by atoms with van der Waals surface area (Å²) in [6.07, 6.45) is -5.01. The number of aliphatic carboxylic acids is 3. The lowest BCUT2D eigenvalue weighted by molar-refractivity contribution is -0.192. The van der Waals surface area contributed by atoms with Crippen molar-refractivity contribution in [1.82, 2.24) is 0 Å². The predicted octanol–water partition coefficient (Wildman–Crippen LogP) is 2.87. The van der Waals surface area contributed by atoms with E-state index in [1.165, 1.54) is 0 Å². The highest BCUT2D eigenvalue weighted by atomic mass is 19.4. The lowest BCUT2D eigenvalue weighted by atomic mass is 9.91. The zero-order chi connectivity index (χ0) is 29.0. The number of nitrogen functional groups attached to an aromatic ring is 1. The number of hydrogen-bond donors (Lipinski definition) is 4. The fourth-order valence-corrected chi connectivity index (χ4v) is 3.73. The summed E-state index contributed by atoms with van der Waals surface area (Å²) in [6.45, 7) is 0.281. The number of ether oxygens (including phenoxy) is 2. The van der Waals surface area contributed by atoms with Crippen molar-refractivity contribution in [2.45, 2.75) is 37.5 Å². The van der Waals surface area contributed by atoms with Crippen molar-refractivity contribution >= 4 is 35.3 Å². The second-order valence-corrected chi connectivity index (χ2v) is 8.37. The van der Waals surface area contributed by atoms with Crippen LogP contribution < -0.4 is 15.2 Å². The molecule has 15 heteroatoms. The van der Waals surface area contributed by atoms with Gasteiger partial charge in [0.2, 0.25) is 5.60 Å². The van der Waals surface area contributed by atoms with Crippen LogP contribution in [0.15, 0.2) is 41.6 Å². The van der Waals surface area contributed by atoms with E-state index in [-0.39, 0.29) is 30.2 Å². The summed E-state index contributed by atoms with van der Waals surface area (Å²) in [5.74, 6) is -5.77. The van der Waals surface area contributed by atoms with Gasteiger partial charge in [0.1, 0.15) is 0 Å². The van der Waals surface area contributed by atoms with Gasteiger partial charge in [-0.25, -0.2) is 14.4 Å². The van der Waals surface area contributed by atoms with Crippen molar-refractivity contribution in [3.8, 4) is 11.5 Å². The number of oxime groups is 1. The number of carbonyl (C=O) groups is 4. The Balaban J connectivity index is 0.000000532. The van der Waals surface area contributed by atoms with E-state index in [1.54, 1.807) is 36.4 Å². The number of rotatable bonds is 4. The molecule has 0 aromatic heterocycles. The standard InChI is InChI=1S/C22H20N2O8.C2HF3O2/c23-13-6-7-14-12(9-13)3-2-8-30-19-15(4-1-5-17(19)31-20(14)27)16-10-22(21(28)29,32-24-16)11-18(25)26;3-2(4,5)1(6)7/h1,4-7,9H,2-3,8,10-11,23H2,(H,25,26)(H,28,29);(H,6,7). The summed E-state index contributed by atoms with van der Waals surface area (Å²) < 4.78 is 43.2. The minimum atomic E-state index is -5.08. The molecule has 0 saturated carbocycles. The van der Waals surface area contributed by atoms with Gasteiger partial charge < -0.3 is 35.4 Å². The van der Waals surface area contributed by atoms with Gasteiger partial charge >= 0.3 is 30.1 Å². The molecule has 0 spiro atoms. The highest BCUT2D eigenvalue weighted by molar-refractivity contribution is 6.08. The van der Waals surface area contributed by atoms with Gasteiger partial charge in [-0.1, -0.05) is 11.2 Å². The van der Waals surface area contributed by atoms with Gasteiger partial charge in [0.05, 0.1) is 24.3 Å². The van der Waals surface area contributed by atoms with Crippen molar-refractivity contribution in [3.63, 3.8) is 0 Å². The number of halogens is 3. The first-order valence-electron chi connectivity index (χ1n) is 11.1. The Labute approximate surface area is 217 Å². The Hall–Kier alpha value is -4.82. The third kappa shape index (κ3) is 6.74. The predicted molar refractivity (Wildman–Crippen MR) is 125 cm³/mol. The number of carboxylic acids is 3. The first kappa shape index (κ1) is 28.7. The number of nitrogens with two attached hydrogens (primary N) is 1. The Kier molecular flexibility index (Phi) is 8.32. The Bertz CT molecular complexity index is 1340. The van der Waals surface area contributed by atoms with Crippen LogP contribution in [0.25, 0.3) is 0 Å². The number of benzene rings is 2. The number of carbonyl (C=O) groups excluding carboxylic acids is 1. The fourth-order valence-electron chi connectivity index (χ4n) is 3.73. The summed E-state index contributed by atoms with van der Waals surface area (Å²) in [5, 5.41) is 29.6. The van der Waals surface area contributed by atoms with E-state index < -0.39 is 42.1 Å². The van der Waals surface area contributed by atoms with Crippen molar-refractivity contribution < 1.29 is 62.0 Å². The number of fused-ring (bicyclic) bond motifs is 2. The van der Waals surface area contributed by atoms with E-state index in [4.69, 9.17) is 35.1 Å². The number of alkyl halides is 3. The molecule has 1 unspecified atom stereocenters. The molecule has 0 saturated heterocycles. The van der Waals surface area contributed by atoms with E-state index in [1.807, 2.05) is 0 Å². The molecule has 0 radical (unpaired) electrons. The third-order valence-corrected chi connectivity index (χ3v) is 5.53. The quantitative estimate of drug-likeness (QED) is 0.246. The van der Waals surface area contributed by atoms with Crippen LogP contribution >= 0.6 is 0 Å². The minimum absolute atomic E-state index is 0.130. The first-order chi connectivity index (χ1) is 18.2. The topological polar surface area (TPSA) is 195 Å². The summed E-state index contributed by atoms with van der Waals surface area (Å²) >= 11 is 0. The van der Waals surface area contributed by atoms with Crippen LogP contribution in [0.3, 0.4) is 0 Å². The molecule has 0 fully saturated rings. The average molecular weight is 554 g/mol. The van der Waals surface area contributed by atoms with Crippen molar-refractivity contribution in [3.05, 3.63) is 53.1 Å². The molecule has 2 heterocycles. The van der Waals surface area contributed by atoms with E-state index >= 15 is 0 Å². The van der Waals surface area contributed by atoms with E-state index in [0.29, 0.717) is 29.7 Å². The van der Waals surface area contributed by atoms with E-state index in [2.05, 4.69) is 5.16 Å². The van der Waals surface area contributed by atoms with Crippen LogP contribution in [0.5, 0.6) is 11.5 Å². The van der Waals surface area contributed by atoms with Crippen molar-refractivity contribution in [2.24, 2.45) is 5.16 Å². The van der Waals surface area contributed by atoms with Gasteiger partial charge in [0.15, 0.2) is 11.5 Å². The summed E-state index contributed by atoms with van der Waals surface area (Å²) in [4.78, 5) is 49.7. The molecule has 0 aliphatic carbocycles. The minimum Gasteiger partial charge on any atom is -0.489 e. The van der Waals surface area contributed by atoms with Crippen LogP contribution in [-0.4, -0.2) is 63.3 Å². The summed E-state index contributed by atoms with van der Waals surface area (Å²) in [6, 6.07) is 9.73. The number of carboxylic acid groups (broad SMARTS) is 3. The molecular weight excluding hydrogens is 533 g/mol. The molecular formula is C24H21F3N2O10. The van der Waals surface area contributed by atoms with Gasteiger partial charge in [0, 0.05) is 17.7 Å². The monoisotopic (exact) mass is 554 g/mol. The number of hydrogen-bond acceptors (Lipinski definition) is 9. The van der Waals surface area contributed by atoms with E-state index in [9.17, 15) is 32.7 Å². The summed E-state index contributed by atoms with van der Waals surface area (Å²) in [7, 11) is 0. The number of aryl methyl sites for hydroxylation is 1. The van der Waals surface area contributed by atoms with Crippen LogP contribution in [-0.2, 0) is 25.6 Å². The van der Waals surface area contributed by atoms with Crippen LogP contribution in [0.2, 0.25) is 0 Å². The molecule has 5 N–H and O–H groups in total. The lowest BCUT2D eigenvalue weighted by Gasteiger charge is -2.20.